The smallest absolute Gasteiger partial charge is 0.252 e. The van der Waals surface area contributed by atoms with E-state index in [4.69, 9.17) is 13.9 Å². The van der Waals surface area contributed by atoms with Crippen molar-refractivity contribution in [2.24, 2.45) is 0 Å². The third-order valence-electron chi connectivity index (χ3n) is 17.0. The summed E-state index contributed by atoms with van der Waals surface area (Å²) in [5, 5.41) is 2.24. The largest absolute Gasteiger partial charge is 0.456 e. The van der Waals surface area contributed by atoms with Gasteiger partial charge in [0, 0.05) is 39.1 Å². The van der Waals surface area contributed by atoms with Crippen LogP contribution in [-0.2, 0) is 16.2 Å². The fraction of sp³-hybridized carbons (Fsp3) is 0.189. The number of para-hydroxylation sites is 1. The van der Waals surface area contributed by atoms with Gasteiger partial charge in [0.25, 0.3) is 6.71 Å². The summed E-state index contributed by atoms with van der Waals surface area (Å²) in [6.45, 7) is 22.8. The summed E-state index contributed by atoms with van der Waals surface area (Å²) >= 11 is 0. The Hall–Kier alpha value is -8.74. The minimum atomic E-state index is -0.161. The molecule has 3 aliphatic heterocycles. The number of nitrogens with zero attached hydrogens (tertiary/aromatic N) is 2. The van der Waals surface area contributed by atoms with Crippen LogP contribution in [0.25, 0.3) is 66.4 Å². The van der Waals surface area contributed by atoms with E-state index in [0.29, 0.717) is 0 Å². The van der Waals surface area contributed by atoms with E-state index >= 15 is 0 Å². The molecule has 0 saturated heterocycles. The molecule has 0 amide bonds. The van der Waals surface area contributed by atoms with Gasteiger partial charge in [-0.1, -0.05) is 190 Å². The third kappa shape index (κ3) is 8.21. The highest BCUT2D eigenvalue weighted by atomic mass is 16.7. The molecule has 0 aliphatic carbocycles. The van der Waals surface area contributed by atoms with E-state index in [-0.39, 0.29) is 29.8 Å². The van der Waals surface area contributed by atoms with Crippen LogP contribution in [0.2, 0.25) is 0 Å². The summed E-state index contributed by atoms with van der Waals surface area (Å²) in [5.74, 6) is 1.52. The van der Waals surface area contributed by atoms with Gasteiger partial charge in [-0.3, -0.25) is 0 Å². The quantitative estimate of drug-likeness (QED) is 0.155. The molecule has 0 radical (unpaired) electrons. The predicted octanol–water partition coefficient (Wildman–Crippen LogP) is 18.3. The maximum absolute atomic E-state index is 6.65. The van der Waals surface area contributed by atoms with Crippen LogP contribution in [0.15, 0.2) is 205 Å². The number of rotatable bonds is 6. The number of aryl methyl sites for hydroxylation is 1. The van der Waals surface area contributed by atoms with Crippen molar-refractivity contribution in [2.75, 3.05) is 16.6 Å². The first-order chi connectivity index (χ1) is 38.4. The molecule has 11 aromatic rings. The Bertz CT molecular complexity index is 4210. The summed E-state index contributed by atoms with van der Waals surface area (Å²) in [6.07, 6.45) is 0. The standard InChI is InChI=1S/C74H65BN2O3/c1-45-36-64-69-65(37-45)77(62-34-30-55(74(8,9)10)43-59(62)48-16-12-11-13-17-48)70-61(33-35-67-71(70)79-44-78-67)75(69)60-32-25-49(50-24-31-58-57-18-14-15-19-66(57)80-68(58)42-50)41-63(60)76(64)56-39-51(46-20-26-53(27-21-46)72(2,3)4)38-52(40-56)47-22-28-54(29-23-47)73(5,6)7/h11-43H,44H2,1-10H3. The highest BCUT2D eigenvalue weighted by Crippen LogP contribution is 2.53. The first kappa shape index (κ1) is 49.6. The summed E-state index contributed by atoms with van der Waals surface area (Å²) < 4.78 is 19.5. The van der Waals surface area contributed by atoms with Crippen LogP contribution >= 0.6 is 0 Å². The average Bonchev–Trinajstić information content (AvgIpc) is 3.89. The van der Waals surface area contributed by atoms with E-state index in [1.54, 1.807) is 0 Å². The first-order valence-corrected chi connectivity index (χ1v) is 28.2. The van der Waals surface area contributed by atoms with Gasteiger partial charge in [0.1, 0.15) is 11.2 Å². The molecule has 392 valence electrons. The molecule has 14 rings (SSSR count). The molecule has 5 nitrogen and oxygen atoms in total. The van der Waals surface area contributed by atoms with Crippen molar-refractivity contribution in [3.05, 3.63) is 222 Å². The molecule has 0 unspecified atom stereocenters. The van der Waals surface area contributed by atoms with Crippen LogP contribution in [0, 0.1) is 6.92 Å². The van der Waals surface area contributed by atoms with Gasteiger partial charge in [-0.25, -0.2) is 0 Å². The molecule has 3 aliphatic rings. The Balaban J connectivity index is 1.06. The van der Waals surface area contributed by atoms with Crippen LogP contribution in [0.4, 0.5) is 34.1 Å². The minimum Gasteiger partial charge on any atom is -0.456 e. The Labute approximate surface area is 471 Å². The molecule has 4 heterocycles. The molecule has 0 bridgehead atoms. The van der Waals surface area contributed by atoms with Gasteiger partial charge in [-0.05, 0) is 174 Å². The second-order valence-electron chi connectivity index (χ2n) is 25.4. The first-order valence-electron chi connectivity index (χ1n) is 28.2. The molecular weight excluding hydrogens is 976 g/mol. The summed E-state index contributed by atoms with van der Waals surface area (Å²) in [6, 6.07) is 74.9. The number of hydrogen-bond acceptors (Lipinski definition) is 5. The number of ether oxygens (including phenoxy) is 2. The van der Waals surface area contributed by atoms with Gasteiger partial charge in [0.05, 0.1) is 11.4 Å². The van der Waals surface area contributed by atoms with Gasteiger partial charge in [0.2, 0.25) is 6.79 Å². The number of furan rings is 1. The maximum Gasteiger partial charge on any atom is 0.252 e. The molecule has 6 heteroatoms. The number of fused-ring (bicyclic) bond motifs is 9. The molecular formula is C74H65BN2O3. The Morgan fingerprint density at radius 3 is 1.65 bits per heavy atom. The second kappa shape index (κ2) is 18.2. The van der Waals surface area contributed by atoms with Gasteiger partial charge in [0.15, 0.2) is 11.5 Å². The monoisotopic (exact) mass is 1040 g/mol. The Morgan fingerprint density at radius 2 is 0.975 bits per heavy atom. The molecule has 0 fully saturated rings. The van der Waals surface area contributed by atoms with E-state index in [1.807, 2.05) is 6.07 Å². The third-order valence-corrected chi connectivity index (χ3v) is 17.0. The van der Waals surface area contributed by atoms with E-state index in [1.165, 1.54) is 38.7 Å². The fourth-order valence-corrected chi connectivity index (χ4v) is 12.6. The van der Waals surface area contributed by atoms with E-state index in [2.05, 4.69) is 273 Å². The van der Waals surface area contributed by atoms with E-state index in [0.717, 1.165) is 112 Å². The molecule has 1 aromatic heterocycles. The number of benzene rings is 10. The van der Waals surface area contributed by atoms with Crippen molar-refractivity contribution in [1.29, 1.82) is 0 Å². The molecule has 10 aromatic carbocycles. The summed E-state index contributed by atoms with van der Waals surface area (Å²) in [5.41, 5.74) is 26.1. The number of anilines is 6. The highest BCUT2D eigenvalue weighted by Gasteiger charge is 2.46. The second-order valence-corrected chi connectivity index (χ2v) is 25.4. The lowest BCUT2D eigenvalue weighted by atomic mass is 9.33. The maximum atomic E-state index is 6.65. The molecule has 0 N–H and O–H groups in total. The lowest BCUT2D eigenvalue weighted by Crippen LogP contribution is -2.61. The molecule has 0 atom stereocenters. The predicted molar refractivity (Wildman–Crippen MR) is 336 cm³/mol. The van der Waals surface area contributed by atoms with Crippen molar-refractivity contribution in [3.63, 3.8) is 0 Å². The molecule has 0 spiro atoms. The van der Waals surface area contributed by atoms with Crippen LogP contribution in [-0.4, -0.2) is 13.5 Å². The summed E-state index contributed by atoms with van der Waals surface area (Å²) in [4.78, 5) is 5.06. The van der Waals surface area contributed by atoms with Gasteiger partial charge >= 0.3 is 0 Å². The van der Waals surface area contributed by atoms with Crippen molar-refractivity contribution in [1.82, 2.24) is 0 Å². The van der Waals surface area contributed by atoms with Crippen LogP contribution in [0.3, 0.4) is 0 Å². The van der Waals surface area contributed by atoms with E-state index in [9.17, 15) is 0 Å². The van der Waals surface area contributed by atoms with Gasteiger partial charge in [-0.2, -0.15) is 0 Å². The average molecular weight is 1040 g/mol. The van der Waals surface area contributed by atoms with Crippen molar-refractivity contribution < 1.29 is 13.9 Å². The highest BCUT2D eigenvalue weighted by molar-refractivity contribution is 7.00. The van der Waals surface area contributed by atoms with Crippen LogP contribution in [0.1, 0.15) is 84.6 Å². The SMILES string of the molecule is Cc1cc2c3c(c1)N(c1ccc(C(C)(C)C)cc1-c1ccccc1)c1c(ccc4c1OCO4)B3c1ccc(-c3ccc4c(c3)oc3ccccc34)cc1N2c1cc(-c2ccc(C(C)(C)C)cc2)cc(-c2ccc(C(C)(C)C)cc2)c1. The molecule has 0 saturated carbocycles. The lowest BCUT2D eigenvalue weighted by Gasteiger charge is -2.45. The van der Waals surface area contributed by atoms with Crippen molar-refractivity contribution in [2.45, 2.75) is 85.5 Å². The van der Waals surface area contributed by atoms with Crippen LogP contribution in [0.5, 0.6) is 11.5 Å². The van der Waals surface area contributed by atoms with Crippen molar-refractivity contribution >= 4 is 79.2 Å². The zero-order valence-electron chi connectivity index (χ0n) is 47.5. The summed E-state index contributed by atoms with van der Waals surface area (Å²) in [7, 11) is 0. The molecule has 80 heavy (non-hydrogen) atoms. The van der Waals surface area contributed by atoms with Crippen molar-refractivity contribution in [3.8, 4) is 56.0 Å². The van der Waals surface area contributed by atoms with E-state index < -0.39 is 0 Å². The number of hydrogen-bond donors (Lipinski definition) is 0. The normalized spacial score (nSPS) is 13.7. The van der Waals surface area contributed by atoms with Crippen LogP contribution < -0.4 is 35.7 Å². The topological polar surface area (TPSA) is 38.1 Å². The van der Waals surface area contributed by atoms with Gasteiger partial charge in [-0.15, -0.1) is 0 Å². The minimum absolute atomic E-state index is 0.0213. The fourth-order valence-electron chi connectivity index (χ4n) is 12.6. The Morgan fingerprint density at radius 1 is 0.400 bits per heavy atom. The zero-order valence-corrected chi connectivity index (χ0v) is 47.5. The Kier molecular flexibility index (Phi) is 11.2. The van der Waals surface area contributed by atoms with Gasteiger partial charge < -0.3 is 23.7 Å². The zero-order chi connectivity index (χ0) is 55.0. The lowest BCUT2D eigenvalue weighted by molar-refractivity contribution is 0.174.